The van der Waals surface area contributed by atoms with Crippen LogP contribution in [0.2, 0.25) is 0 Å². The normalized spacial score (nSPS) is 14.4. The van der Waals surface area contributed by atoms with Gasteiger partial charge in [0.05, 0.1) is 29.9 Å². The Morgan fingerprint density at radius 3 is 2.33 bits per heavy atom. The number of nitrogens with zero attached hydrogens (tertiary/aromatic N) is 3. The van der Waals surface area contributed by atoms with Crippen LogP contribution in [0.25, 0.3) is 10.3 Å². The number of methoxy groups -OCH3 is 1. The summed E-state index contributed by atoms with van der Waals surface area (Å²) in [5.41, 5.74) is 1.85. The number of rotatable bonds is 14. The molecular weight excluding hydrogens is 633 g/mol. The van der Waals surface area contributed by atoms with Crippen molar-refractivity contribution in [2.45, 2.75) is 55.9 Å². The molecule has 0 spiro atoms. The van der Waals surface area contributed by atoms with Gasteiger partial charge in [-0.1, -0.05) is 61.3 Å². The van der Waals surface area contributed by atoms with Crippen molar-refractivity contribution in [1.29, 1.82) is 0 Å². The van der Waals surface area contributed by atoms with Crippen LogP contribution in [0.4, 0.5) is 5.13 Å². The Bertz CT molecular complexity index is 1820. The van der Waals surface area contributed by atoms with Gasteiger partial charge in [-0.3, -0.25) is 9.59 Å². The summed E-state index contributed by atoms with van der Waals surface area (Å²) in [4.78, 5) is 45.7. The molecule has 12 nitrogen and oxygen atoms in total. The van der Waals surface area contributed by atoms with Gasteiger partial charge in [0.1, 0.15) is 10.3 Å². The molecule has 1 amide bonds. The first-order valence-corrected chi connectivity index (χ1v) is 17.1. The Morgan fingerprint density at radius 1 is 1.00 bits per heavy atom. The largest absolute Gasteiger partial charge is 0.481 e. The van der Waals surface area contributed by atoms with Gasteiger partial charge in [-0.2, -0.15) is 4.31 Å². The van der Waals surface area contributed by atoms with E-state index >= 15 is 0 Å². The van der Waals surface area contributed by atoms with E-state index in [1.54, 1.807) is 24.3 Å². The van der Waals surface area contributed by atoms with E-state index in [1.165, 1.54) is 54.8 Å². The molecule has 242 valence electrons. The molecule has 4 aromatic rings. The van der Waals surface area contributed by atoms with E-state index in [4.69, 9.17) is 4.74 Å². The zero-order valence-electron chi connectivity index (χ0n) is 25.1. The van der Waals surface area contributed by atoms with Crippen molar-refractivity contribution in [2.75, 3.05) is 19.0 Å². The highest BCUT2D eigenvalue weighted by Crippen LogP contribution is 2.36. The van der Waals surface area contributed by atoms with Crippen LogP contribution in [0.1, 0.15) is 65.9 Å². The standard InChI is InChI=1S/C32H34N4O8S2/c1-44-27-15-14-26-30(34-27)45-32(33-26)35-29(39)25(18-20-4-2-3-5-20)22-10-12-24(13-11-22)46(42,43)36(17-16-28(37)38)19-21-6-8-23(9-7-21)31(40)41/h6-15,20,25H,2-5,16-19H2,1H3,(H,37,38)(H,40,41)(H,33,35,39). The number of nitrogens with one attached hydrogen (secondary N) is 1. The van der Waals surface area contributed by atoms with Gasteiger partial charge in [-0.05, 0) is 53.8 Å². The number of hydrogen-bond donors (Lipinski definition) is 3. The first-order valence-electron chi connectivity index (χ1n) is 14.8. The summed E-state index contributed by atoms with van der Waals surface area (Å²) in [6.45, 7) is -0.428. The number of ether oxygens (including phenoxy) is 1. The molecule has 0 bridgehead atoms. The topological polar surface area (TPSA) is 176 Å². The summed E-state index contributed by atoms with van der Waals surface area (Å²) in [5.74, 6) is -2.26. The van der Waals surface area contributed by atoms with Gasteiger partial charge in [0.15, 0.2) is 5.13 Å². The van der Waals surface area contributed by atoms with Crippen LogP contribution in [0.15, 0.2) is 65.6 Å². The van der Waals surface area contributed by atoms with E-state index < -0.39 is 34.3 Å². The highest BCUT2D eigenvalue weighted by molar-refractivity contribution is 7.89. The van der Waals surface area contributed by atoms with E-state index in [0.29, 0.717) is 44.8 Å². The number of carboxylic acid groups (broad SMARTS) is 2. The number of aromatic nitrogens is 2. The molecule has 1 saturated carbocycles. The Labute approximate surface area is 270 Å². The summed E-state index contributed by atoms with van der Waals surface area (Å²) < 4.78 is 33.7. The predicted octanol–water partition coefficient (Wildman–Crippen LogP) is 5.37. The van der Waals surface area contributed by atoms with Crippen molar-refractivity contribution in [3.63, 3.8) is 0 Å². The monoisotopic (exact) mass is 666 g/mol. The fourth-order valence-electron chi connectivity index (χ4n) is 5.62. The minimum atomic E-state index is -4.15. The molecule has 2 aromatic heterocycles. The average Bonchev–Trinajstić information content (AvgIpc) is 3.71. The van der Waals surface area contributed by atoms with Crippen molar-refractivity contribution in [3.05, 3.63) is 77.4 Å². The third-order valence-electron chi connectivity index (χ3n) is 8.08. The maximum absolute atomic E-state index is 13.7. The van der Waals surface area contributed by atoms with Crippen LogP contribution < -0.4 is 10.1 Å². The molecule has 1 fully saturated rings. The highest BCUT2D eigenvalue weighted by atomic mass is 32.2. The summed E-state index contributed by atoms with van der Waals surface area (Å²) in [6.07, 6.45) is 4.44. The molecule has 5 rings (SSSR count). The number of carbonyl (C=O) groups is 3. The quantitative estimate of drug-likeness (QED) is 0.159. The van der Waals surface area contributed by atoms with E-state index in [1.807, 2.05) is 0 Å². The number of anilines is 1. The number of pyridine rings is 1. The molecule has 2 aromatic carbocycles. The van der Waals surface area contributed by atoms with E-state index in [0.717, 1.165) is 30.0 Å². The smallest absolute Gasteiger partial charge is 0.335 e. The second-order valence-electron chi connectivity index (χ2n) is 11.2. The third-order valence-corrected chi connectivity index (χ3v) is 10.8. The van der Waals surface area contributed by atoms with Gasteiger partial charge in [0.2, 0.25) is 21.8 Å². The number of aliphatic carboxylic acids is 1. The summed E-state index contributed by atoms with van der Waals surface area (Å²) in [6, 6.07) is 15.3. The number of carboxylic acids is 2. The van der Waals surface area contributed by atoms with Gasteiger partial charge in [-0.15, -0.1) is 0 Å². The molecule has 3 N–H and O–H groups in total. The van der Waals surface area contributed by atoms with Crippen LogP contribution in [-0.4, -0.2) is 64.4 Å². The van der Waals surface area contributed by atoms with Crippen molar-refractivity contribution < 1.29 is 37.8 Å². The fraction of sp³-hybridized carbons (Fsp3) is 0.344. The molecule has 14 heteroatoms. The minimum absolute atomic E-state index is 0.0463. The van der Waals surface area contributed by atoms with Crippen LogP contribution in [0.5, 0.6) is 5.88 Å². The molecule has 1 atom stereocenters. The maximum Gasteiger partial charge on any atom is 0.335 e. The van der Waals surface area contributed by atoms with Crippen LogP contribution in [0.3, 0.4) is 0 Å². The molecule has 1 aliphatic carbocycles. The summed E-state index contributed by atoms with van der Waals surface area (Å²) in [5, 5.41) is 21.8. The summed E-state index contributed by atoms with van der Waals surface area (Å²) in [7, 11) is -2.62. The molecule has 0 radical (unpaired) electrons. The number of benzene rings is 2. The molecule has 46 heavy (non-hydrogen) atoms. The second-order valence-corrected chi connectivity index (χ2v) is 14.1. The Kier molecular flexibility index (Phi) is 10.3. The number of amides is 1. The van der Waals surface area contributed by atoms with E-state index in [9.17, 15) is 33.0 Å². The molecule has 0 saturated heterocycles. The van der Waals surface area contributed by atoms with Gasteiger partial charge in [0.25, 0.3) is 0 Å². The van der Waals surface area contributed by atoms with E-state index in [-0.39, 0.29) is 29.5 Å². The first kappa shape index (κ1) is 33.0. The first-order chi connectivity index (χ1) is 22.0. The highest BCUT2D eigenvalue weighted by Gasteiger charge is 2.30. The molecule has 2 heterocycles. The van der Waals surface area contributed by atoms with Crippen LogP contribution in [0, 0.1) is 5.92 Å². The SMILES string of the molecule is COc1ccc2nc(NC(=O)C(CC3CCCC3)c3ccc(S(=O)(=O)N(CCC(=O)O)Cc4ccc(C(=O)O)cc4)cc3)sc2n1. The lowest BCUT2D eigenvalue weighted by atomic mass is 9.87. The third kappa shape index (κ3) is 7.87. The van der Waals surface area contributed by atoms with Gasteiger partial charge in [-0.25, -0.2) is 23.2 Å². The molecule has 1 unspecified atom stereocenters. The lowest BCUT2D eigenvalue weighted by Gasteiger charge is -2.23. The molecule has 0 aliphatic heterocycles. The average molecular weight is 667 g/mol. The van der Waals surface area contributed by atoms with Gasteiger partial charge < -0.3 is 20.3 Å². The van der Waals surface area contributed by atoms with Crippen molar-refractivity contribution in [3.8, 4) is 5.88 Å². The summed E-state index contributed by atoms with van der Waals surface area (Å²) >= 11 is 1.24. The zero-order valence-corrected chi connectivity index (χ0v) is 26.7. The molecular formula is C32H34N4O8S2. The number of fused-ring (bicyclic) bond motifs is 1. The van der Waals surface area contributed by atoms with E-state index in [2.05, 4.69) is 15.3 Å². The lowest BCUT2D eigenvalue weighted by molar-refractivity contribution is -0.137. The maximum atomic E-state index is 13.7. The second kappa shape index (κ2) is 14.4. The van der Waals surface area contributed by atoms with Crippen molar-refractivity contribution >= 4 is 54.7 Å². The fourth-order valence-corrected chi connectivity index (χ4v) is 7.88. The Morgan fingerprint density at radius 2 is 1.70 bits per heavy atom. The number of thiazole rings is 1. The number of sulfonamides is 1. The molecule has 1 aliphatic rings. The number of carbonyl (C=O) groups excluding carboxylic acids is 1. The van der Waals surface area contributed by atoms with Crippen molar-refractivity contribution in [1.82, 2.24) is 14.3 Å². The van der Waals surface area contributed by atoms with Crippen LogP contribution in [-0.2, 0) is 26.2 Å². The van der Waals surface area contributed by atoms with Gasteiger partial charge in [0, 0.05) is 19.2 Å². The van der Waals surface area contributed by atoms with Crippen molar-refractivity contribution in [2.24, 2.45) is 5.92 Å². The number of aromatic carboxylic acids is 1. The van der Waals surface area contributed by atoms with Gasteiger partial charge >= 0.3 is 11.9 Å². The zero-order chi connectivity index (χ0) is 32.8. The number of hydrogen-bond acceptors (Lipinski definition) is 9. The lowest BCUT2D eigenvalue weighted by Crippen LogP contribution is -2.32. The Hall–Kier alpha value is -4.40. The minimum Gasteiger partial charge on any atom is -0.481 e. The predicted molar refractivity (Wildman–Crippen MR) is 172 cm³/mol. The van der Waals surface area contributed by atoms with Crippen LogP contribution >= 0.6 is 11.3 Å². The Balaban J connectivity index is 1.38.